The van der Waals surface area contributed by atoms with Gasteiger partial charge in [0.05, 0.1) is 6.04 Å². The quantitative estimate of drug-likeness (QED) is 0.558. The molecule has 1 heterocycles. The van der Waals surface area contributed by atoms with Crippen LogP contribution < -0.4 is 15.5 Å². The number of hydrogen-bond donors (Lipinski definition) is 3. The highest BCUT2D eigenvalue weighted by Gasteiger charge is 2.38. The Morgan fingerprint density at radius 3 is 2.52 bits per heavy atom. The molecule has 3 N–H and O–H groups in total. The maximum atomic E-state index is 13.2. The highest BCUT2D eigenvalue weighted by Crippen LogP contribution is 2.21. The number of hydrogen-bond acceptors (Lipinski definition) is 4. The number of likely N-dealkylation sites (tertiary alicyclic amines) is 1. The van der Waals surface area contributed by atoms with Crippen LogP contribution in [-0.4, -0.2) is 47.3 Å². The van der Waals surface area contributed by atoms with Crippen molar-refractivity contribution in [2.75, 3.05) is 6.54 Å². The molecule has 0 aliphatic carbocycles. The summed E-state index contributed by atoms with van der Waals surface area (Å²) in [4.78, 5) is 42.1. The molecule has 2 rings (SSSR count). The van der Waals surface area contributed by atoms with E-state index in [0.29, 0.717) is 19.5 Å². The van der Waals surface area contributed by atoms with Crippen LogP contribution in [0.3, 0.4) is 0 Å². The number of carbonyl (C=O) groups is 3. The highest BCUT2D eigenvalue weighted by atomic mass is 35.5. The van der Waals surface area contributed by atoms with E-state index >= 15 is 0 Å². The maximum Gasteiger partial charge on any atom is 0.246 e. The van der Waals surface area contributed by atoms with Crippen LogP contribution in [0.1, 0.15) is 44.7 Å². The van der Waals surface area contributed by atoms with Gasteiger partial charge in [-0.2, -0.15) is 0 Å². The second-order valence-corrected chi connectivity index (χ2v) is 8.11. The molecule has 0 saturated carbocycles. The number of halogens is 1. The van der Waals surface area contributed by atoms with Crippen LogP contribution >= 0.6 is 11.8 Å². The van der Waals surface area contributed by atoms with Gasteiger partial charge in [-0.15, -0.1) is 0 Å². The Hall–Kier alpha value is -2.12. The van der Waals surface area contributed by atoms with Crippen molar-refractivity contribution in [1.29, 1.82) is 0 Å². The normalized spacial score (nSPS) is 18.4. The van der Waals surface area contributed by atoms with Gasteiger partial charge in [-0.1, -0.05) is 38.1 Å². The molecule has 8 heteroatoms. The summed E-state index contributed by atoms with van der Waals surface area (Å²) in [5.41, 5.74) is 2.16. The number of nitrogens with zero attached hydrogens (tertiary/aromatic N) is 1. The predicted octanol–water partition coefficient (Wildman–Crippen LogP) is 1.87. The number of aryl methyl sites for hydroxylation is 1. The monoisotopic (exact) mass is 422 g/mol. The van der Waals surface area contributed by atoms with Crippen LogP contribution in [0.2, 0.25) is 0 Å². The molecule has 3 unspecified atom stereocenters. The topological polar surface area (TPSA) is 90.5 Å². The molecule has 0 bridgehead atoms. The van der Waals surface area contributed by atoms with Gasteiger partial charge in [0.1, 0.15) is 12.1 Å². The Morgan fingerprint density at radius 2 is 1.90 bits per heavy atom. The fraction of sp³-hybridized carbons (Fsp3) is 0.571. The molecule has 0 radical (unpaired) electrons. The summed E-state index contributed by atoms with van der Waals surface area (Å²) in [6, 6.07) is 6.01. The van der Waals surface area contributed by atoms with E-state index in [1.165, 1.54) is 0 Å². The van der Waals surface area contributed by atoms with Crippen molar-refractivity contribution in [2.45, 2.75) is 65.2 Å². The summed E-state index contributed by atoms with van der Waals surface area (Å²) in [7, 11) is 0. The number of benzene rings is 1. The van der Waals surface area contributed by atoms with Crippen LogP contribution in [0.4, 0.5) is 0 Å². The van der Waals surface area contributed by atoms with Crippen LogP contribution in [0, 0.1) is 12.8 Å². The largest absolute Gasteiger partial charge is 0.350 e. The third-order valence-electron chi connectivity index (χ3n) is 5.34. The van der Waals surface area contributed by atoms with Gasteiger partial charge in [-0.3, -0.25) is 14.4 Å². The van der Waals surface area contributed by atoms with Crippen molar-refractivity contribution in [3.8, 4) is 0 Å². The maximum absolute atomic E-state index is 13.2. The lowest BCUT2D eigenvalue weighted by molar-refractivity contribution is -0.142. The van der Waals surface area contributed by atoms with E-state index in [1.54, 1.807) is 11.8 Å². The van der Waals surface area contributed by atoms with Gasteiger partial charge in [0.2, 0.25) is 17.7 Å². The van der Waals surface area contributed by atoms with Crippen LogP contribution in [0.5, 0.6) is 0 Å². The molecule has 0 aromatic heterocycles. The standard InChI is InChI=1S/C21H31ClN4O3/c1-13(2)18(24-19(27)15(4)25-22)21(29)26-11-7-10-17(26)20(28)23-12-16-9-6-5-8-14(16)3/h5-6,8-9,13,15,17-18,25H,7,10-12H2,1-4H3,(H,23,28)(H,24,27). The van der Waals surface area contributed by atoms with Crippen molar-refractivity contribution in [3.63, 3.8) is 0 Å². The molecule has 29 heavy (non-hydrogen) atoms. The molecule has 3 amide bonds. The average molecular weight is 423 g/mol. The third-order valence-corrected chi connectivity index (χ3v) is 5.67. The molecule has 3 atom stereocenters. The molecule has 0 spiro atoms. The Balaban J connectivity index is 2.05. The molecule has 160 valence electrons. The zero-order chi connectivity index (χ0) is 21.6. The first-order chi connectivity index (χ1) is 13.8. The van der Waals surface area contributed by atoms with Gasteiger partial charge < -0.3 is 15.5 Å². The lowest BCUT2D eigenvalue weighted by atomic mass is 10.0. The van der Waals surface area contributed by atoms with Crippen molar-refractivity contribution < 1.29 is 14.4 Å². The number of amides is 3. The molecule has 1 fully saturated rings. The van der Waals surface area contributed by atoms with Crippen LogP contribution in [-0.2, 0) is 20.9 Å². The van der Waals surface area contributed by atoms with E-state index in [2.05, 4.69) is 15.5 Å². The van der Waals surface area contributed by atoms with E-state index in [9.17, 15) is 14.4 Å². The summed E-state index contributed by atoms with van der Waals surface area (Å²) >= 11 is 5.52. The number of nitrogens with one attached hydrogen (secondary N) is 3. The molecular weight excluding hydrogens is 392 g/mol. The minimum atomic E-state index is -0.709. The molecule has 1 aliphatic rings. The first-order valence-corrected chi connectivity index (χ1v) is 10.4. The van der Waals surface area contributed by atoms with Gasteiger partial charge in [0.25, 0.3) is 0 Å². The zero-order valence-corrected chi connectivity index (χ0v) is 18.3. The molecule has 7 nitrogen and oxygen atoms in total. The fourth-order valence-electron chi connectivity index (χ4n) is 3.43. The molecule has 1 aromatic rings. The predicted molar refractivity (Wildman–Crippen MR) is 113 cm³/mol. The summed E-state index contributed by atoms with van der Waals surface area (Å²) in [5, 5.41) is 5.72. The Labute approximate surface area is 177 Å². The van der Waals surface area contributed by atoms with Crippen molar-refractivity contribution >= 4 is 29.5 Å². The minimum Gasteiger partial charge on any atom is -0.350 e. The van der Waals surface area contributed by atoms with Gasteiger partial charge in [0.15, 0.2) is 0 Å². The molecular formula is C21H31ClN4O3. The molecule has 1 aromatic carbocycles. The van der Waals surface area contributed by atoms with Gasteiger partial charge in [-0.05, 0) is 55.5 Å². The SMILES string of the molecule is Cc1ccccc1CNC(=O)C1CCCN1C(=O)C(NC(=O)C(C)NCl)C(C)C. The smallest absolute Gasteiger partial charge is 0.246 e. The summed E-state index contributed by atoms with van der Waals surface area (Å²) in [6.07, 6.45) is 1.37. The van der Waals surface area contributed by atoms with Crippen molar-refractivity contribution in [1.82, 2.24) is 20.4 Å². The van der Waals surface area contributed by atoms with E-state index in [1.807, 2.05) is 45.0 Å². The summed E-state index contributed by atoms with van der Waals surface area (Å²) in [6.45, 7) is 8.27. The zero-order valence-electron chi connectivity index (χ0n) is 17.5. The van der Waals surface area contributed by atoms with Gasteiger partial charge in [0, 0.05) is 13.1 Å². The Morgan fingerprint density at radius 1 is 1.21 bits per heavy atom. The average Bonchev–Trinajstić information content (AvgIpc) is 3.19. The molecule has 1 saturated heterocycles. The minimum absolute atomic E-state index is 0.120. The second kappa shape index (κ2) is 10.6. The Kier molecular flexibility index (Phi) is 8.46. The second-order valence-electron chi connectivity index (χ2n) is 7.90. The fourth-order valence-corrected chi connectivity index (χ4v) is 3.53. The third kappa shape index (κ3) is 5.93. The Bertz CT molecular complexity index is 740. The van der Waals surface area contributed by atoms with E-state index in [4.69, 9.17) is 11.8 Å². The van der Waals surface area contributed by atoms with E-state index < -0.39 is 18.1 Å². The van der Waals surface area contributed by atoms with Gasteiger partial charge >= 0.3 is 0 Å². The highest BCUT2D eigenvalue weighted by molar-refractivity contribution is 6.15. The number of rotatable bonds is 8. The van der Waals surface area contributed by atoms with Gasteiger partial charge in [-0.25, -0.2) is 4.84 Å². The molecule has 1 aliphatic heterocycles. The van der Waals surface area contributed by atoms with Crippen LogP contribution in [0.25, 0.3) is 0 Å². The van der Waals surface area contributed by atoms with Crippen molar-refractivity contribution in [2.24, 2.45) is 5.92 Å². The van der Waals surface area contributed by atoms with Crippen LogP contribution in [0.15, 0.2) is 24.3 Å². The lowest BCUT2D eigenvalue weighted by Crippen LogP contribution is -2.56. The van der Waals surface area contributed by atoms with E-state index in [0.717, 1.165) is 17.5 Å². The van der Waals surface area contributed by atoms with Crippen molar-refractivity contribution in [3.05, 3.63) is 35.4 Å². The first kappa shape index (κ1) is 23.2. The first-order valence-electron chi connectivity index (χ1n) is 10.1. The number of carbonyl (C=O) groups excluding carboxylic acids is 3. The lowest BCUT2D eigenvalue weighted by Gasteiger charge is -2.31. The summed E-state index contributed by atoms with van der Waals surface area (Å²) in [5.74, 6) is -0.871. The summed E-state index contributed by atoms with van der Waals surface area (Å²) < 4.78 is 0. The van der Waals surface area contributed by atoms with E-state index in [-0.39, 0.29) is 23.6 Å².